The van der Waals surface area contributed by atoms with Crippen molar-refractivity contribution < 1.29 is 38.2 Å². The van der Waals surface area contributed by atoms with E-state index in [4.69, 9.17) is 14.1 Å². The molecule has 1 aromatic carbocycles. The van der Waals surface area contributed by atoms with Crippen LogP contribution in [0.2, 0.25) is 0 Å². The van der Waals surface area contributed by atoms with Crippen LogP contribution in [0.4, 0.5) is 4.39 Å². The van der Waals surface area contributed by atoms with E-state index >= 15 is 0 Å². The summed E-state index contributed by atoms with van der Waals surface area (Å²) < 4.78 is 31.4. The summed E-state index contributed by atoms with van der Waals surface area (Å²) in [6, 6.07) is 3.01. The minimum atomic E-state index is -1.36. The number of aliphatic hydroxyl groups is 1. The molecule has 7 nitrogen and oxygen atoms in total. The van der Waals surface area contributed by atoms with Crippen molar-refractivity contribution in [2.75, 3.05) is 6.61 Å². The third-order valence-electron chi connectivity index (χ3n) is 10.2. The molecule has 9 heteroatoms. The minimum absolute atomic E-state index is 0.0159. The number of halogens is 1. The Balaban J connectivity index is 1.39. The summed E-state index contributed by atoms with van der Waals surface area (Å²) in [7, 11) is -1.36. The smallest absolute Gasteiger partial charge is 0.479 e. The van der Waals surface area contributed by atoms with E-state index in [9.17, 15) is 24.1 Å². The fourth-order valence-electron chi connectivity index (χ4n) is 7.94. The number of carbonyl (C=O) groups is 2. The van der Waals surface area contributed by atoms with E-state index in [1.807, 2.05) is 6.92 Å². The summed E-state index contributed by atoms with van der Waals surface area (Å²) in [5, 5.41) is 21.1. The van der Waals surface area contributed by atoms with Crippen molar-refractivity contribution >= 4 is 24.3 Å². The molecular weight excluding hydrogens is 466 g/mol. The number of benzene rings is 1. The lowest BCUT2D eigenvalue weighted by Crippen LogP contribution is -2.61. The van der Waals surface area contributed by atoms with Gasteiger partial charge in [-0.1, -0.05) is 33.8 Å². The Bertz CT molecular complexity index is 1060. The molecule has 0 amide bonds. The molecule has 1 aromatic rings. The van der Waals surface area contributed by atoms with Crippen molar-refractivity contribution in [3.05, 3.63) is 23.5 Å². The van der Waals surface area contributed by atoms with Crippen LogP contribution in [0.1, 0.15) is 65.4 Å². The molecule has 1 heterocycles. The van der Waals surface area contributed by atoms with Crippen LogP contribution in [0.15, 0.2) is 12.1 Å². The lowest BCUT2D eigenvalue weighted by Gasteiger charge is -2.60. The van der Waals surface area contributed by atoms with Crippen molar-refractivity contribution in [3.63, 3.8) is 0 Å². The molecule has 2 N–H and O–H groups in total. The highest BCUT2D eigenvalue weighted by molar-refractivity contribution is 6.61. The highest BCUT2D eigenvalue weighted by Gasteiger charge is 2.67. The van der Waals surface area contributed by atoms with Gasteiger partial charge in [0.2, 0.25) is 0 Å². The summed E-state index contributed by atoms with van der Waals surface area (Å²) in [5.41, 5.74) is -0.290. The summed E-state index contributed by atoms with van der Waals surface area (Å²) in [5.74, 6) is -1.62. The minimum Gasteiger partial charge on any atom is -0.479 e. The van der Waals surface area contributed by atoms with Crippen LogP contribution in [0, 0.1) is 40.3 Å². The molecule has 2 bridgehead atoms. The van der Waals surface area contributed by atoms with E-state index in [0.717, 1.165) is 19.3 Å². The van der Waals surface area contributed by atoms with Gasteiger partial charge in [0, 0.05) is 23.2 Å². The van der Waals surface area contributed by atoms with Gasteiger partial charge in [-0.2, -0.15) is 0 Å². The first-order valence-electron chi connectivity index (χ1n) is 13.1. The molecule has 0 radical (unpaired) electrons. The maximum absolute atomic E-state index is 14.8. The average molecular weight is 502 g/mol. The predicted octanol–water partition coefficient (Wildman–Crippen LogP) is 2.77. The van der Waals surface area contributed by atoms with E-state index < -0.39 is 43.1 Å². The number of ether oxygens (including phenoxy) is 2. The first-order chi connectivity index (χ1) is 17.0. The number of hydrogen-bond acceptors (Lipinski definition) is 7. The van der Waals surface area contributed by atoms with Crippen molar-refractivity contribution in [2.24, 2.45) is 34.5 Å². The van der Waals surface area contributed by atoms with Crippen LogP contribution in [0.5, 0.6) is 5.75 Å². The monoisotopic (exact) mass is 502 g/mol. The first kappa shape index (κ1) is 25.7. The van der Waals surface area contributed by atoms with Gasteiger partial charge in [-0.25, -0.2) is 9.18 Å². The zero-order chi connectivity index (χ0) is 26.0. The SMILES string of the molecule is C[C@H]1C[C@@H](OC(=O)COc2ccc3c(c2F)B(O)OC3)[C@@]2(C)[C@@H]3C(=O)CC[C@@]3(CC[C@@H]2C)[C@@H](C)[C@H]1O. The number of rotatable bonds is 4. The number of carbonyl (C=O) groups excluding carboxylic acids is 2. The van der Waals surface area contributed by atoms with Crippen LogP contribution in [-0.2, 0) is 25.6 Å². The van der Waals surface area contributed by atoms with Crippen molar-refractivity contribution in [3.8, 4) is 5.75 Å². The summed E-state index contributed by atoms with van der Waals surface area (Å²) in [6.07, 6.45) is 2.32. The van der Waals surface area contributed by atoms with Gasteiger partial charge in [0.15, 0.2) is 18.2 Å². The van der Waals surface area contributed by atoms with Gasteiger partial charge < -0.3 is 24.3 Å². The Morgan fingerprint density at radius 3 is 2.78 bits per heavy atom. The molecule has 5 rings (SSSR count). The molecule has 1 aliphatic heterocycles. The van der Waals surface area contributed by atoms with Gasteiger partial charge in [0.25, 0.3) is 0 Å². The van der Waals surface area contributed by atoms with Gasteiger partial charge in [-0.05, 0) is 60.5 Å². The largest absolute Gasteiger partial charge is 0.494 e. The molecule has 4 aliphatic rings. The molecule has 196 valence electrons. The molecule has 0 spiro atoms. The quantitative estimate of drug-likeness (QED) is 0.482. The van der Waals surface area contributed by atoms with Crippen molar-refractivity contribution in [1.29, 1.82) is 0 Å². The van der Waals surface area contributed by atoms with Crippen LogP contribution < -0.4 is 10.2 Å². The second-order valence-electron chi connectivity index (χ2n) is 11.8. The highest BCUT2D eigenvalue weighted by Crippen LogP contribution is 2.66. The molecule has 3 aliphatic carbocycles. The molecule has 0 aromatic heterocycles. The number of aliphatic hydroxyl groups excluding tert-OH is 1. The number of esters is 1. The standard InChI is InChI=1S/C27H36BFO7/c1-14-11-20(36-21(31)13-34-19-6-5-17-12-35-28(33)22(17)23(19)29)26(4)15(2)7-9-27(16(3)24(14)32)10-8-18(30)25(26)27/h5-6,14-16,20,24-25,32-33H,7-13H2,1-4H3/t14-,15-,16-,20+,24-,25-,26-,27-/m0/s1. The highest BCUT2D eigenvalue weighted by atomic mass is 19.1. The third kappa shape index (κ3) is 3.72. The van der Waals surface area contributed by atoms with Crippen LogP contribution in [0.25, 0.3) is 0 Å². The van der Waals surface area contributed by atoms with E-state index in [2.05, 4.69) is 20.8 Å². The Morgan fingerprint density at radius 1 is 1.28 bits per heavy atom. The van der Waals surface area contributed by atoms with Gasteiger partial charge in [-0.3, -0.25) is 4.79 Å². The van der Waals surface area contributed by atoms with E-state index in [1.165, 1.54) is 6.07 Å². The van der Waals surface area contributed by atoms with E-state index in [-0.39, 0.29) is 52.7 Å². The van der Waals surface area contributed by atoms with E-state index in [1.54, 1.807) is 6.07 Å². The van der Waals surface area contributed by atoms with Gasteiger partial charge in [0.05, 0.1) is 12.7 Å². The third-order valence-corrected chi connectivity index (χ3v) is 10.2. The Morgan fingerprint density at radius 2 is 2.03 bits per heavy atom. The van der Waals surface area contributed by atoms with Gasteiger partial charge in [0.1, 0.15) is 11.9 Å². The maximum atomic E-state index is 14.8. The summed E-state index contributed by atoms with van der Waals surface area (Å²) in [6.45, 7) is 7.87. The molecule has 8 atom stereocenters. The topological polar surface area (TPSA) is 102 Å². The normalized spacial score (nSPS) is 39.8. The van der Waals surface area contributed by atoms with Crippen LogP contribution in [-0.4, -0.2) is 47.8 Å². The fourth-order valence-corrected chi connectivity index (χ4v) is 7.94. The van der Waals surface area contributed by atoms with E-state index in [0.29, 0.717) is 18.4 Å². The lowest BCUT2D eigenvalue weighted by molar-refractivity contribution is -0.200. The average Bonchev–Trinajstić information content (AvgIpc) is 3.40. The second kappa shape index (κ2) is 9.10. The fraction of sp³-hybridized carbons (Fsp3) is 0.704. The number of fused-ring (bicyclic) bond motifs is 1. The van der Waals surface area contributed by atoms with Crippen molar-refractivity contribution in [2.45, 2.75) is 78.6 Å². The Kier molecular flexibility index (Phi) is 6.49. The van der Waals surface area contributed by atoms with Gasteiger partial charge >= 0.3 is 13.1 Å². The molecule has 0 unspecified atom stereocenters. The zero-order valence-electron chi connectivity index (χ0n) is 21.5. The van der Waals surface area contributed by atoms with Crippen molar-refractivity contribution in [1.82, 2.24) is 0 Å². The van der Waals surface area contributed by atoms with Crippen LogP contribution >= 0.6 is 0 Å². The van der Waals surface area contributed by atoms with Crippen LogP contribution in [0.3, 0.4) is 0 Å². The zero-order valence-corrected chi connectivity index (χ0v) is 21.5. The number of Topliss-reactive ketones (excluding diaryl/α,β-unsaturated/α-hetero) is 1. The molecule has 36 heavy (non-hydrogen) atoms. The lowest BCUT2D eigenvalue weighted by atomic mass is 9.45. The summed E-state index contributed by atoms with van der Waals surface area (Å²) in [4.78, 5) is 26.4. The number of ketones is 1. The maximum Gasteiger partial charge on any atom is 0.494 e. The Labute approximate surface area is 211 Å². The second-order valence-corrected chi connectivity index (χ2v) is 11.8. The van der Waals surface area contributed by atoms with Gasteiger partial charge in [-0.15, -0.1) is 0 Å². The summed E-state index contributed by atoms with van der Waals surface area (Å²) >= 11 is 0. The molecule has 3 fully saturated rings. The first-order valence-corrected chi connectivity index (χ1v) is 13.1. The number of hydrogen-bond donors (Lipinski definition) is 2. The Hall–Kier alpha value is -1.97. The molecule has 3 saturated carbocycles. The molecule has 0 saturated heterocycles. The molecular formula is C27H36BFO7. The predicted molar refractivity (Wildman–Crippen MR) is 130 cm³/mol.